The van der Waals surface area contributed by atoms with Crippen LogP contribution >= 0.6 is 24.0 Å². The van der Waals surface area contributed by atoms with Crippen LogP contribution in [0.4, 0.5) is 0 Å². The molecule has 0 atom stereocenters. The number of carbonyl (C=O) groups is 1. The van der Waals surface area contributed by atoms with E-state index in [0.29, 0.717) is 5.56 Å². The molecule has 2 N–H and O–H groups in total. The topological polar surface area (TPSA) is 66.0 Å². The van der Waals surface area contributed by atoms with Crippen molar-refractivity contribution in [2.45, 2.75) is 19.3 Å². The van der Waals surface area contributed by atoms with Gasteiger partial charge in [-0.2, -0.15) is 0 Å². The largest absolute Gasteiger partial charge is 0.497 e. The predicted octanol–water partition coefficient (Wildman–Crippen LogP) is 3.36. The lowest BCUT2D eigenvalue weighted by Crippen LogP contribution is -2.38. The van der Waals surface area contributed by atoms with E-state index < -0.39 is 0 Å². The summed E-state index contributed by atoms with van der Waals surface area (Å²) in [5, 5.41) is 6.68. The third-order valence-corrected chi connectivity index (χ3v) is 4.60. The highest BCUT2D eigenvalue weighted by Crippen LogP contribution is 2.12. The lowest BCUT2D eigenvalue weighted by Gasteiger charge is -2.13. The number of halogens is 1. The number of hydrogen-bond donors (Lipinski definition) is 2. The Morgan fingerprint density at radius 3 is 2.33 bits per heavy atom. The summed E-state index contributed by atoms with van der Waals surface area (Å²) in [6.07, 6.45) is 2.84. The van der Waals surface area contributed by atoms with Crippen LogP contribution in [0.3, 0.4) is 0 Å². The molecule has 0 aliphatic carbocycles. The zero-order valence-corrected chi connectivity index (χ0v) is 20.6. The van der Waals surface area contributed by atoms with E-state index in [1.807, 2.05) is 36.4 Å². The number of carbonyl (C=O) groups excluding carboxylic acids is 1. The molecule has 2 aromatic carbocycles. The Kier molecular flexibility index (Phi) is 11.9. The molecule has 164 valence electrons. The predicted molar refractivity (Wildman–Crippen MR) is 134 cm³/mol. The van der Waals surface area contributed by atoms with Crippen LogP contribution in [-0.2, 0) is 12.8 Å². The number of amides is 1. The zero-order valence-electron chi connectivity index (χ0n) is 18.3. The third-order valence-electron chi connectivity index (χ3n) is 4.60. The van der Waals surface area contributed by atoms with Crippen LogP contribution in [0, 0.1) is 0 Å². The van der Waals surface area contributed by atoms with Gasteiger partial charge in [-0.1, -0.05) is 24.3 Å². The fourth-order valence-corrected chi connectivity index (χ4v) is 2.96. The van der Waals surface area contributed by atoms with Gasteiger partial charge in [-0.3, -0.25) is 9.79 Å². The zero-order chi connectivity index (χ0) is 21.1. The van der Waals surface area contributed by atoms with Gasteiger partial charge < -0.3 is 20.3 Å². The van der Waals surface area contributed by atoms with Crippen LogP contribution in [0.5, 0.6) is 5.75 Å². The van der Waals surface area contributed by atoms with Gasteiger partial charge >= 0.3 is 0 Å². The van der Waals surface area contributed by atoms with E-state index in [1.165, 1.54) is 5.56 Å². The molecule has 2 aromatic rings. The van der Waals surface area contributed by atoms with Gasteiger partial charge in [-0.25, -0.2) is 0 Å². The molecule has 7 heteroatoms. The Morgan fingerprint density at radius 2 is 1.70 bits per heavy atom. The van der Waals surface area contributed by atoms with Crippen molar-refractivity contribution in [3.63, 3.8) is 0 Å². The fraction of sp³-hybridized carbons (Fsp3) is 0.391. The molecule has 0 aromatic heterocycles. The minimum atomic E-state index is 0. The molecule has 6 nitrogen and oxygen atoms in total. The number of aliphatic imine (C=N–C) groups is 1. The Labute approximate surface area is 197 Å². The van der Waals surface area contributed by atoms with Gasteiger partial charge in [-0.15, -0.1) is 24.0 Å². The first kappa shape index (κ1) is 25.7. The number of methoxy groups -OCH3 is 1. The number of ether oxygens (including phenoxy) is 1. The molecule has 0 saturated heterocycles. The van der Waals surface area contributed by atoms with Gasteiger partial charge in [0.25, 0.3) is 5.91 Å². The average molecular weight is 524 g/mol. The number of benzene rings is 2. The molecule has 0 aliphatic rings. The van der Waals surface area contributed by atoms with E-state index in [-0.39, 0.29) is 29.9 Å². The van der Waals surface area contributed by atoms with Gasteiger partial charge in [0.05, 0.1) is 7.11 Å². The van der Waals surface area contributed by atoms with E-state index in [9.17, 15) is 4.79 Å². The SMILES string of the molecule is CN=C(NCCCc1ccc(OC)cc1)NCCc1cccc(C(=O)N(C)C)c1.I. The Hall–Kier alpha value is -2.29. The molecule has 1 amide bonds. The van der Waals surface area contributed by atoms with Crippen molar-refractivity contribution in [1.82, 2.24) is 15.5 Å². The standard InChI is InChI=1S/C23H32N4O2.HI/c1-24-23(25-15-6-8-18-10-12-21(29-4)13-11-18)26-16-14-19-7-5-9-20(17-19)22(28)27(2)3;/h5,7,9-13,17H,6,8,14-16H2,1-4H3,(H2,24,25,26);1H. The van der Waals surface area contributed by atoms with E-state index >= 15 is 0 Å². The van der Waals surface area contributed by atoms with Crippen LogP contribution < -0.4 is 15.4 Å². The maximum atomic E-state index is 12.1. The van der Waals surface area contributed by atoms with Crippen molar-refractivity contribution in [3.05, 3.63) is 65.2 Å². The molecule has 0 unspecified atom stereocenters. The molecule has 0 aliphatic heterocycles. The van der Waals surface area contributed by atoms with Gasteiger partial charge in [0.15, 0.2) is 5.96 Å². The van der Waals surface area contributed by atoms with Crippen LogP contribution in [-0.4, -0.2) is 58.1 Å². The van der Waals surface area contributed by atoms with Crippen molar-refractivity contribution >= 4 is 35.8 Å². The summed E-state index contributed by atoms with van der Waals surface area (Å²) in [5.41, 5.74) is 3.14. The van der Waals surface area contributed by atoms with E-state index in [1.54, 1.807) is 33.2 Å². The first-order valence-electron chi connectivity index (χ1n) is 9.91. The van der Waals surface area contributed by atoms with E-state index in [2.05, 4.69) is 27.8 Å². The fourth-order valence-electron chi connectivity index (χ4n) is 2.96. The molecule has 0 fully saturated rings. The van der Waals surface area contributed by atoms with Gasteiger partial charge in [0.1, 0.15) is 5.75 Å². The maximum Gasteiger partial charge on any atom is 0.253 e. The van der Waals surface area contributed by atoms with Gasteiger partial charge in [0.2, 0.25) is 0 Å². The monoisotopic (exact) mass is 524 g/mol. The van der Waals surface area contributed by atoms with E-state index in [4.69, 9.17) is 4.74 Å². The maximum absolute atomic E-state index is 12.1. The van der Waals surface area contributed by atoms with Crippen molar-refractivity contribution in [2.75, 3.05) is 41.3 Å². The van der Waals surface area contributed by atoms with Crippen molar-refractivity contribution in [3.8, 4) is 5.75 Å². The van der Waals surface area contributed by atoms with Crippen LogP contribution in [0.1, 0.15) is 27.9 Å². The first-order chi connectivity index (χ1) is 14.0. The number of rotatable bonds is 9. The first-order valence-corrected chi connectivity index (χ1v) is 9.91. The quantitative estimate of drug-likeness (QED) is 0.229. The molecule has 0 spiro atoms. The van der Waals surface area contributed by atoms with Crippen molar-refractivity contribution in [2.24, 2.45) is 4.99 Å². The number of aryl methyl sites for hydroxylation is 1. The summed E-state index contributed by atoms with van der Waals surface area (Å²) >= 11 is 0. The molecule has 2 rings (SSSR count). The van der Waals surface area contributed by atoms with Crippen LogP contribution in [0.2, 0.25) is 0 Å². The summed E-state index contributed by atoms with van der Waals surface area (Å²) in [6.45, 7) is 1.59. The van der Waals surface area contributed by atoms with Gasteiger partial charge in [0, 0.05) is 39.8 Å². The summed E-state index contributed by atoms with van der Waals surface area (Å²) < 4.78 is 5.18. The second kappa shape index (κ2) is 13.8. The summed E-state index contributed by atoms with van der Waals surface area (Å²) in [4.78, 5) is 17.9. The highest BCUT2D eigenvalue weighted by Gasteiger charge is 2.08. The number of nitrogens with zero attached hydrogens (tertiary/aromatic N) is 2. The molecule has 30 heavy (non-hydrogen) atoms. The smallest absolute Gasteiger partial charge is 0.253 e. The number of nitrogens with one attached hydrogen (secondary N) is 2. The minimum absolute atomic E-state index is 0. The normalized spacial score (nSPS) is 10.7. The lowest BCUT2D eigenvalue weighted by atomic mass is 10.1. The summed E-state index contributed by atoms with van der Waals surface area (Å²) in [7, 11) is 6.98. The van der Waals surface area contributed by atoms with Crippen LogP contribution in [0.25, 0.3) is 0 Å². The second-order valence-electron chi connectivity index (χ2n) is 7.03. The van der Waals surface area contributed by atoms with Gasteiger partial charge in [-0.05, 0) is 54.7 Å². The minimum Gasteiger partial charge on any atom is -0.497 e. The Bertz CT molecular complexity index is 807. The number of guanidine groups is 1. The lowest BCUT2D eigenvalue weighted by molar-refractivity contribution is 0.0827. The molecular weight excluding hydrogens is 491 g/mol. The molecule has 0 saturated carbocycles. The average Bonchev–Trinajstić information content (AvgIpc) is 2.75. The highest BCUT2D eigenvalue weighted by molar-refractivity contribution is 14.0. The number of hydrogen-bond acceptors (Lipinski definition) is 3. The third kappa shape index (κ3) is 8.61. The summed E-state index contributed by atoms with van der Waals surface area (Å²) in [5.74, 6) is 1.70. The highest BCUT2D eigenvalue weighted by atomic mass is 127. The Morgan fingerprint density at radius 1 is 1.00 bits per heavy atom. The molecule has 0 radical (unpaired) electrons. The van der Waals surface area contributed by atoms with E-state index in [0.717, 1.165) is 49.6 Å². The molecular formula is C23H33IN4O2. The second-order valence-corrected chi connectivity index (χ2v) is 7.03. The van der Waals surface area contributed by atoms with Crippen LogP contribution in [0.15, 0.2) is 53.5 Å². The molecule has 0 heterocycles. The molecule has 0 bridgehead atoms. The summed E-state index contributed by atoms with van der Waals surface area (Å²) in [6, 6.07) is 16.0. The van der Waals surface area contributed by atoms with Crippen molar-refractivity contribution in [1.29, 1.82) is 0 Å². The Balaban J connectivity index is 0.00000450. The van der Waals surface area contributed by atoms with Crippen molar-refractivity contribution < 1.29 is 9.53 Å².